The van der Waals surface area contributed by atoms with Crippen molar-refractivity contribution >= 4 is 21.4 Å². The minimum Gasteiger partial charge on any atom is -0.388 e. The maximum Gasteiger partial charge on any atom is 0.0827 e. The van der Waals surface area contributed by atoms with Gasteiger partial charge in [0.05, 0.1) is 6.10 Å². The summed E-state index contributed by atoms with van der Waals surface area (Å²) in [6.07, 6.45) is 1.63. The van der Waals surface area contributed by atoms with Gasteiger partial charge < -0.3 is 5.11 Å². The van der Waals surface area contributed by atoms with Crippen LogP contribution in [0, 0.1) is 5.92 Å². The maximum absolute atomic E-state index is 10.5. The topological polar surface area (TPSA) is 20.2 Å². The molecule has 0 aliphatic heterocycles. The van der Waals surface area contributed by atoms with Crippen LogP contribution < -0.4 is 0 Å². The molecule has 0 amide bonds. The van der Waals surface area contributed by atoms with Crippen LogP contribution >= 0.6 is 11.3 Å². The number of rotatable bonds is 2. The van der Waals surface area contributed by atoms with Gasteiger partial charge in [-0.25, -0.2) is 0 Å². The molecule has 20 heavy (non-hydrogen) atoms. The van der Waals surface area contributed by atoms with Crippen molar-refractivity contribution in [2.75, 3.05) is 0 Å². The molecule has 1 aromatic heterocycles. The molecule has 2 unspecified atom stereocenters. The van der Waals surface area contributed by atoms with E-state index in [1.807, 2.05) is 6.07 Å². The molecule has 0 saturated carbocycles. The monoisotopic (exact) mass is 280 g/mol. The van der Waals surface area contributed by atoms with Gasteiger partial charge in [0.1, 0.15) is 0 Å². The number of benzene rings is 2. The van der Waals surface area contributed by atoms with E-state index in [-0.39, 0.29) is 6.10 Å². The molecule has 4 rings (SSSR count). The zero-order valence-electron chi connectivity index (χ0n) is 11.1. The first-order chi connectivity index (χ1) is 9.83. The molecule has 100 valence electrons. The van der Waals surface area contributed by atoms with Crippen molar-refractivity contribution in [1.29, 1.82) is 0 Å². The van der Waals surface area contributed by atoms with E-state index in [1.54, 1.807) is 11.3 Å². The van der Waals surface area contributed by atoms with Gasteiger partial charge in [-0.15, -0.1) is 11.3 Å². The molecular formula is C18H16OS. The molecule has 1 heterocycles. The Kier molecular flexibility index (Phi) is 2.86. The van der Waals surface area contributed by atoms with E-state index >= 15 is 0 Å². The van der Waals surface area contributed by atoms with Crippen molar-refractivity contribution in [3.05, 3.63) is 70.6 Å². The van der Waals surface area contributed by atoms with Gasteiger partial charge in [0, 0.05) is 4.70 Å². The molecule has 2 atom stereocenters. The second-order valence-electron chi connectivity index (χ2n) is 5.57. The van der Waals surface area contributed by atoms with Crippen LogP contribution in [0.5, 0.6) is 0 Å². The summed E-state index contributed by atoms with van der Waals surface area (Å²) in [6, 6.07) is 16.8. The second kappa shape index (κ2) is 4.72. The lowest BCUT2D eigenvalue weighted by molar-refractivity contribution is 0.123. The lowest BCUT2D eigenvalue weighted by Gasteiger charge is -2.14. The molecular weight excluding hydrogens is 264 g/mol. The Balaban J connectivity index is 1.65. The fourth-order valence-corrected chi connectivity index (χ4v) is 4.29. The first-order valence-electron chi connectivity index (χ1n) is 7.04. The second-order valence-corrected chi connectivity index (χ2v) is 6.48. The normalized spacial score (nSPS) is 21.2. The van der Waals surface area contributed by atoms with Crippen LogP contribution in [-0.4, -0.2) is 5.11 Å². The van der Waals surface area contributed by atoms with Crippen LogP contribution in [0.1, 0.15) is 22.8 Å². The quantitative estimate of drug-likeness (QED) is 0.740. The van der Waals surface area contributed by atoms with Crippen LogP contribution in [-0.2, 0) is 12.8 Å². The van der Waals surface area contributed by atoms with E-state index < -0.39 is 0 Å². The van der Waals surface area contributed by atoms with Crippen LogP contribution in [0.15, 0.2) is 53.9 Å². The average Bonchev–Trinajstić information content (AvgIpc) is 3.03. The first-order valence-corrected chi connectivity index (χ1v) is 7.92. The van der Waals surface area contributed by atoms with Crippen molar-refractivity contribution in [3.8, 4) is 0 Å². The summed E-state index contributed by atoms with van der Waals surface area (Å²) in [5, 5.41) is 14.1. The number of hydrogen-bond acceptors (Lipinski definition) is 2. The third-order valence-corrected chi connectivity index (χ3v) is 5.36. The lowest BCUT2D eigenvalue weighted by Crippen LogP contribution is -2.10. The lowest BCUT2D eigenvalue weighted by atomic mass is 9.94. The van der Waals surface area contributed by atoms with Crippen LogP contribution in [0.2, 0.25) is 0 Å². The van der Waals surface area contributed by atoms with E-state index in [0.717, 1.165) is 18.4 Å². The largest absolute Gasteiger partial charge is 0.388 e. The molecule has 1 nitrogen and oxygen atoms in total. The molecule has 1 aliphatic carbocycles. The van der Waals surface area contributed by atoms with Gasteiger partial charge in [-0.3, -0.25) is 0 Å². The molecule has 0 bridgehead atoms. The SMILES string of the molecule is OC1c2ccccc2CC1Cc1csc2ccccc12. The van der Waals surface area contributed by atoms with Crippen molar-refractivity contribution in [2.45, 2.75) is 18.9 Å². The number of thiophene rings is 1. The molecule has 0 spiro atoms. The Labute approximate surface area is 122 Å². The Morgan fingerprint density at radius 3 is 2.75 bits per heavy atom. The summed E-state index contributed by atoms with van der Waals surface area (Å²) in [5.74, 6) is 0.311. The summed E-state index contributed by atoms with van der Waals surface area (Å²) >= 11 is 1.80. The Morgan fingerprint density at radius 1 is 1.05 bits per heavy atom. The number of hydrogen-bond donors (Lipinski definition) is 1. The molecule has 2 aromatic carbocycles. The molecule has 2 heteroatoms. The summed E-state index contributed by atoms with van der Waals surface area (Å²) in [5.41, 5.74) is 3.81. The van der Waals surface area contributed by atoms with Crippen molar-refractivity contribution in [2.24, 2.45) is 5.92 Å². The van der Waals surface area contributed by atoms with E-state index in [2.05, 4.69) is 47.8 Å². The zero-order chi connectivity index (χ0) is 13.5. The fourth-order valence-electron chi connectivity index (χ4n) is 3.31. The van der Waals surface area contributed by atoms with Crippen molar-refractivity contribution in [3.63, 3.8) is 0 Å². The molecule has 0 fully saturated rings. The highest BCUT2D eigenvalue weighted by atomic mass is 32.1. The first kappa shape index (κ1) is 12.1. The Bertz CT molecular complexity index is 759. The van der Waals surface area contributed by atoms with E-state index in [0.29, 0.717) is 5.92 Å². The minimum atomic E-state index is -0.315. The highest BCUT2D eigenvalue weighted by molar-refractivity contribution is 7.17. The molecule has 3 aromatic rings. The van der Waals surface area contributed by atoms with Gasteiger partial charge in [0.2, 0.25) is 0 Å². The zero-order valence-corrected chi connectivity index (χ0v) is 11.9. The summed E-state index contributed by atoms with van der Waals surface area (Å²) in [4.78, 5) is 0. The predicted octanol–water partition coefficient (Wildman–Crippen LogP) is 4.35. The maximum atomic E-state index is 10.5. The van der Waals surface area contributed by atoms with E-state index in [4.69, 9.17) is 0 Å². The molecule has 1 N–H and O–H groups in total. The number of fused-ring (bicyclic) bond motifs is 2. The van der Waals surface area contributed by atoms with Crippen LogP contribution in [0.25, 0.3) is 10.1 Å². The third-order valence-electron chi connectivity index (χ3n) is 4.35. The van der Waals surface area contributed by atoms with Gasteiger partial charge in [-0.1, -0.05) is 42.5 Å². The summed E-state index contributed by atoms with van der Waals surface area (Å²) < 4.78 is 1.34. The molecule has 1 aliphatic rings. The van der Waals surface area contributed by atoms with Gasteiger partial charge in [0.25, 0.3) is 0 Å². The molecule has 0 radical (unpaired) electrons. The van der Waals surface area contributed by atoms with E-state index in [9.17, 15) is 5.11 Å². The Morgan fingerprint density at radius 2 is 1.85 bits per heavy atom. The van der Waals surface area contributed by atoms with Crippen molar-refractivity contribution in [1.82, 2.24) is 0 Å². The van der Waals surface area contributed by atoms with Gasteiger partial charge in [-0.2, -0.15) is 0 Å². The smallest absolute Gasteiger partial charge is 0.0827 e. The van der Waals surface area contributed by atoms with Crippen LogP contribution in [0.3, 0.4) is 0 Å². The van der Waals surface area contributed by atoms with Crippen molar-refractivity contribution < 1.29 is 5.11 Å². The average molecular weight is 280 g/mol. The fraction of sp³-hybridized carbons (Fsp3) is 0.222. The summed E-state index contributed by atoms with van der Waals surface area (Å²) in [6.45, 7) is 0. The molecule has 0 saturated heterocycles. The van der Waals surface area contributed by atoms with E-state index in [1.165, 1.54) is 21.2 Å². The van der Waals surface area contributed by atoms with Gasteiger partial charge in [0.15, 0.2) is 0 Å². The number of aliphatic hydroxyl groups excluding tert-OH is 1. The summed E-state index contributed by atoms with van der Waals surface area (Å²) in [7, 11) is 0. The number of aliphatic hydroxyl groups is 1. The Hall–Kier alpha value is -1.64. The van der Waals surface area contributed by atoms with Gasteiger partial charge in [-0.05, 0) is 52.3 Å². The predicted molar refractivity (Wildman–Crippen MR) is 84.1 cm³/mol. The standard InChI is InChI=1S/C18H16OS/c19-18-13(9-12-5-1-2-7-16(12)18)10-14-11-20-17-8-4-3-6-15(14)17/h1-8,11,13,18-19H,9-10H2. The highest BCUT2D eigenvalue weighted by Crippen LogP contribution is 2.39. The van der Waals surface area contributed by atoms with Gasteiger partial charge >= 0.3 is 0 Å². The van der Waals surface area contributed by atoms with Crippen LogP contribution in [0.4, 0.5) is 0 Å². The third kappa shape index (κ3) is 1.88. The highest BCUT2D eigenvalue weighted by Gasteiger charge is 2.30. The minimum absolute atomic E-state index is 0.311.